The van der Waals surface area contributed by atoms with Gasteiger partial charge in [-0.3, -0.25) is 4.79 Å². The molecule has 0 aromatic rings. The number of rotatable bonds is 16. The Morgan fingerprint density at radius 3 is 1.88 bits per heavy atom. The summed E-state index contributed by atoms with van der Waals surface area (Å²) in [5.41, 5.74) is -7.53. The van der Waals surface area contributed by atoms with E-state index in [9.17, 15) is 44.7 Å². The summed E-state index contributed by atoms with van der Waals surface area (Å²) in [6.07, 6.45) is -10.3. The van der Waals surface area contributed by atoms with Crippen molar-refractivity contribution < 1.29 is 82.3 Å². The standard InChI is InChI=1S/C51H94N6O17Si/c1-45(2,3)71-41(61)54-30-21-20-29(25-52-22-23-68-75(18,19)49(13,14)15)69-36(30)33-31(55-42(62)72-46(4,5)6)24-32(53-40(60)51(66)26-57(27-51)44(64)74-48(10,11)12)37(34(33)58)70-39-35(59)38(50(16,65)28-67-39)56(17)43(63)73-47(7,8)9/h20,30-39,44,52,58-59,64-66H,21-28H2,1-19H3,(H,53,60)(H,54,61)(H,55,62)/t30-,31+,32-,33?,34+,35-,36+,37+,38-,39-,44?,50+/m1/s1. The number of β-amino-alcohol motifs (C(OH)–C–C–N with tert-alkyl or cyclic N) is 1. The number of nitrogens with zero attached hydrogens (tertiary/aromatic N) is 2. The largest absolute Gasteiger partial charge is 0.491 e. The molecule has 4 amide bonds. The SMILES string of the molecule is CN(C(=O)OC(C)(C)C)[C@@H]1[C@@H](O)[C@@H](O[C@H]2[C@H](NC(=O)C3(O)CN(C(O)OC(C)(C)C)C3)C[C@H](NC(=O)OC(C)(C)C)C([C@H]3OC(CNCCO[Si](C)(C)C(C)(C)C)=CC[C@H]3NC(=O)OC(C)(C)C)[C@@H]2O)OC[C@]1(C)O. The smallest absolute Gasteiger partial charge is 0.410 e. The van der Waals surface area contributed by atoms with E-state index in [0.29, 0.717) is 18.9 Å². The number of nitrogens with one attached hydrogen (secondary N) is 4. The second kappa shape index (κ2) is 23.9. The van der Waals surface area contributed by atoms with Crippen molar-refractivity contribution in [2.24, 2.45) is 5.92 Å². The maximum Gasteiger partial charge on any atom is 0.410 e. The van der Waals surface area contributed by atoms with E-state index in [1.807, 2.05) is 0 Å². The summed E-state index contributed by atoms with van der Waals surface area (Å²) in [6.45, 7) is 32.4. The van der Waals surface area contributed by atoms with Crippen molar-refractivity contribution in [1.82, 2.24) is 31.1 Å². The van der Waals surface area contributed by atoms with Gasteiger partial charge in [-0.1, -0.05) is 20.8 Å². The molecular weight excluding hydrogens is 997 g/mol. The van der Waals surface area contributed by atoms with Crippen LogP contribution in [0, 0.1) is 5.92 Å². The molecule has 1 saturated carbocycles. The van der Waals surface area contributed by atoms with Gasteiger partial charge in [0, 0.05) is 45.2 Å². The first-order valence-electron chi connectivity index (χ1n) is 26.1. The number of ether oxygens (including phenoxy) is 7. The number of hydrogen-bond acceptors (Lipinski definition) is 19. The van der Waals surface area contributed by atoms with Crippen molar-refractivity contribution in [3.05, 3.63) is 11.8 Å². The number of aliphatic hydroxyl groups is 5. The van der Waals surface area contributed by atoms with Gasteiger partial charge in [-0.25, -0.2) is 19.3 Å². The summed E-state index contributed by atoms with van der Waals surface area (Å²) in [5, 5.41) is 71.2. The van der Waals surface area contributed by atoms with E-state index in [2.05, 4.69) is 55.1 Å². The van der Waals surface area contributed by atoms with Crippen LogP contribution in [0.4, 0.5) is 14.4 Å². The Balaban J connectivity index is 1.80. The summed E-state index contributed by atoms with van der Waals surface area (Å²) in [4.78, 5) is 57.6. The lowest BCUT2D eigenvalue weighted by atomic mass is 9.72. The molecule has 0 radical (unpaired) electrons. The number of amides is 4. The third-order valence-electron chi connectivity index (χ3n) is 13.6. The second-order valence-electron chi connectivity index (χ2n) is 26.3. The number of aliphatic hydroxyl groups excluding tert-OH is 3. The van der Waals surface area contributed by atoms with Crippen molar-refractivity contribution in [1.29, 1.82) is 0 Å². The number of hydrogen-bond donors (Lipinski definition) is 9. The van der Waals surface area contributed by atoms with Gasteiger partial charge in [0.2, 0.25) is 6.41 Å². The maximum atomic E-state index is 14.3. The normalized spacial score (nSPS) is 30.4. The van der Waals surface area contributed by atoms with Crippen LogP contribution in [0.1, 0.15) is 124 Å². The highest BCUT2D eigenvalue weighted by atomic mass is 28.4. The molecule has 2 saturated heterocycles. The van der Waals surface area contributed by atoms with Gasteiger partial charge in [0.15, 0.2) is 20.2 Å². The van der Waals surface area contributed by atoms with Gasteiger partial charge in [0.25, 0.3) is 5.91 Å². The summed E-state index contributed by atoms with van der Waals surface area (Å²) < 4.78 is 48.3. The minimum atomic E-state index is -2.08. The molecule has 4 rings (SSSR count). The molecule has 23 nitrogen and oxygen atoms in total. The Morgan fingerprint density at radius 2 is 1.36 bits per heavy atom. The highest BCUT2D eigenvalue weighted by molar-refractivity contribution is 6.74. The van der Waals surface area contributed by atoms with Crippen LogP contribution < -0.4 is 21.3 Å². The van der Waals surface area contributed by atoms with E-state index in [1.165, 1.54) is 18.9 Å². The van der Waals surface area contributed by atoms with Gasteiger partial charge in [0.05, 0.1) is 43.0 Å². The molecule has 4 aliphatic rings. The van der Waals surface area contributed by atoms with Crippen LogP contribution in [0.2, 0.25) is 18.1 Å². The highest BCUT2D eigenvalue weighted by Gasteiger charge is 2.58. The Hall–Kier alpha value is -3.40. The summed E-state index contributed by atoms with van der Waals surface area (Å²) in [7, 11) is -0.714. The van der Waals surface area contributed by atoms with Gasteiger partial charge in [-0.15, -0.1) is 0 Å². The minimum absolute atomic E-state index is 0.00106. The van der Waals surface area contributed by atoms with Crippen LogP contribution >= 0.6 is 0 Å². The molecule has 12 atom stereocenters. The second-order valence-corrected chi connectivity index (χ2v) is 31.1. The first-order chi connectivity index (χ1) is 33.9. The van der Waals surface area contributed by atoms with Gasteiger partial charge < -0.3 is 89.3 Å². The quantitative estimate of drug-likeness (QED) is 0.0464. The summed E-state index contributed by atoms with van der Waals surface area (Å²) in [6, 6.07) is -4.77. The Bertz CT molecular complexity index is 1990. The van der Waals surface area contributed by atoms with Crippen molar-refractivity contribution in [2.75, 3.05) is 46.4 Å². The van der Waals surface area contributed by atoms with Gasteiger partial charge >= 0.3 is 18.3 Å². The van der Waals surface area contributed by atoms with Crippen molar-refractivity contribution >= 4 is 32.5 Å². The van der Waals surface area contributed by atoms with Crippen LogP contribution in [0.25, 0.3) is 0 Å². The first-order valence-corrected chi connectivity index (χ1v) is 29.0. The molecule has 3 heterocycles. The molecule has 434 valence electrons. The number of likely N-dealkylation sites (N-methyl/N-ethyl adjacent to an activating group) is 1. The third kappa shape index (κ3) is 18.1. The van der Waals surface area contributed by atoms with E-state index in [0.717, 1.165) is 4.90 Å². The zero-order valence-corrected chi connectivity index (χ0v) is 49.1. The van der Waals surface area contributed by atoms with E-state index in [1.54, 1.807) is 89.2 Å². The molecule has 1 aliphatic carbocycles. The Kier molecular flexibility index (Phi) is 20.4. The van der Waals surface area contributed by atoms with Gasteiger partial charge in [0.1, 0.15) is 46.5 Å². The van der Waals surface area contributed by atoms with Crippen molar-refractivity contribution in [3.63, 3.8) is 0 Å². The van der Waals surface area contributed by atoms with Crippen LogP contribution in [-0.2, 0) is 42.4 Å². The van der Waals surface area contributed by atoms with E-state index >= 15 is 0 Å². The first kappa shape index (κ1) is 64.1. The van der Waals surface area contributed by atoms with Crippen LogP contribution in [0.5, 0.6) is 0 Å². The van der Waals surface area contributed by atoms with E-state index in [4.69, 9.17) is 37.6 Å². The fourth-order valence-electron chi connectivity index (χ4n) is 9.12. The molecule has 0 bridgehead atoms. The molecular formula is C51H94N6O17Si. The highest BCUT2D eigenvalue weighted by Crippen LogP contribution is 2.40. The lowest BCUT2D eigenvalue weighted by Gasteiger charge is -2.53. The average Bonchev–Trinajstić information content (AvgIpc) is 3.19. The number of carbonyl (C=O) groups excluding carboxylic acids is 4. The molecule has 9 N–H and O–H groups in total. The molecule has 75 heavy (non-hydrogen) atoms. The molecule has 3 fully saturated rings. The van der Waals surface area contributed by atoms with E-state index in [-0.39, 0.29) is 37.5 Å². The average molecular weight is 1090 g/mol. The topological polar surface area (TPSA) is 298 Å². The predicted molar refractivity (Wildman–Crippen MR) is 278 cm³/mol. The molecule has 3 aliphatic heterocycles. The minimum Gasteiger partial charge on any atom is -0.491 e. The number of likely N-dealkylation sites (tertiary alicyclic amines) is 1. The maximum absolute atomic E-state index is 14.3. The monoisotopic (exact) mass is 1090 g/mol. The molecule has 0 aromatic heterocycles. The van der Waals surface area contributed by atoms with Crippen molar-refractivity contribution in [3.8, 4) is 0 Å². The lowest BCUT2D eigenvalue weighted by molar-refractivity contribution is -0.306. The van der Waals surface area contributed by atoms with Gasteiger partial charge in [-0.05, 0) is 127 Å². The Labute approximate surface area is 445 Å². The number of carbonyl (C=O) groups is 4. The number of alkyl carbamates (subject to hydrolysis) is 2. The van der Waals surface area contributed by atoms with Gasteiger partial charge in [-0.2, -0.15) is 0 Å². The zero-order chi connectivity index (χ0) is 57.2. The molecule has 0 aromatic carbocycles. The zero-order valence-electron chi connectivity index (χ0n) is 48.1. The van der Waals surface area contributed by atoms with Crippen LogP contribution in [-0.4, -0.2) is 209 Å². The summed E-state index contributed by atoms with van der Waals surface area (Å²) >= 11 is 0. The van der Waals surface area contributed by atoms with Crippen LogP contribution in [0.3, 0.4) is 0 Å². The summed E-state index contributed by atoms with van der Waals surface area (Å²) in [5.74, 6) is -1.71. The fraction of sp³-hybridized carbons (Fsp3) is 0.882. The lowest BCUT2D eigenvalue weighted by Crippen LogP contribution is -2.74. The molecule has 0 spiro atoms. The molecule has 24 heteroatoms. The predicted octanol–water partition coefficient (Wildman–Crippen LogP) is 3.15. The Morgan fingerprint density at radius 1 is 0.813 bits per heavy atom. The van der Waals surface area contributed by atoms with E-state index < -0.39 is 140 Å². The fourth-order valence-corrected chi connectivity index (χ4v) is 10.2. The van der Waals surface area contributed by atoms with Crippen LogP contribution in [0.15, 0.2) is 11.8 Å². The molecule has 2 unspecified atom stereocenters. The third-order valence-corrected chi connectivity index (χ3v) is 18.2. The van der Waals surface area contributed by atoms with Crippen molar-refractivity contribution in [2.45, 2.75) is 237 Å².